The molecule has 2 aromatic rings. The lowest BCUT2D eigenvalue weighted by Gasteiger charge is -2.15. The zero-order valence-corrected chi connectivity index (χ0v) is 15.7. The molecular formula is C21H27NO3. The van der Waals surface area contributed by atoms with Crippen molar-refractivity contribution in [2.45, 2.75) is 47.3 Å². The van der Waals surface area contributed by atoms with E-state index in [4.69, 9.17) is 9.47 Å². The zero-order valence-electron chi connectivity index (χ0n) is 15.7. The van der Waals surface area contributed by atoms with Gasteiger partial charge in [-0.15, -0.1) is 0 Å². The van der Waals surface area contributed by atoms with Crippen LogP contribution in [0.3, 0.4) is 0 Å². The van der Waals surface area contributed by atoms with Gasteiger partial charge in [0.25, 0.3) is 5.91 Å². The number of ether oxygens (including phenoxy) is 2. The maximum absolute atomic E-state index is 12.7. The monoisotopic (exact) mass is 341 g/mol. The van der Waals surface area contributed by atoms with Gasteiger partial charge in [-0.05, 0) is 63.9 Å². The van der Waals surface area contributed by atoms with Gasteiger partial charge in [0.15, 0.2) is 0 Å². The molecule has 1 amide bonds. The molecule has 0 atom stereocenters. The molecule has 0 bridgehead atoms. The molecule has 0 radical (unpaired) electrons. The van der Waals surface area contributed by atoms with Crippen molar-refractivity contribution in [2.75, 3.05) is 11.9 Å². The first-order valence-corrected chi connectivity index (χ1v) is 8.67. The summed E-state index contributed by atoms with van der Waals surface area (Å²) in [4.78, 5) is 12.7. The van der Waals surface area contributed by atoms with Crippen LogP contribution in [0.15, 0.2) is 36.4 Å². The van der Waals surface area contributed by atoms with Crippen molar-refractivity contribution >= 4 is 11.6 Å². The number of carbonyl (C=O) groups is 1. The van der Waals surface area contributed by atoms with Crippen LogP contribution in [-0.4, -0.2) is 18.6 Å². The minimum atomic E-state index is -0.133. The molecular weight excluding hydrogens is 314 g/mol. The second kappa shape index (κ2) is 8.67. The van der Waals surface area contributed by atoms with Crippen molar-refractivity contribution in [3.8, 4) is 5.75 Å². The SMILES string of the molecule is CCOc1ccc(C(=O)Nc2c(C)cccc2C)cc1COC(C)C. The predicted molar refractivity (Wildman–Crippen MR) is 101 cm³/mol. The third-order valence-corrected chi connectivity index (χ3v) is 3.91. The number of rotatable bonds is 7. The summed E-state index contributed by atoms with van der Waals surface area (Å²) in [6, 6.07) is 11.4. The first-order valence-electron chi connectivity index (χ1n) is 8.67. The second-order valence-electron chi connectivity index (χ2n) is 6.34. The molecule has 0 spiro atoms. The molecule has 25 heavy (non-hydrogen) atoms. The van der Waals surface area contributed by atoms with Crippen LogP contribution in [0.2, 0.25) is 0 Å². The molecule has 0 aliphatic heterocycles. The van der Waals surface area contributed by atoms with E-state index >= 15 is 0 Å². The molecule has 4 heteroatoms. The smallest absolute Gasteiger partial charge is 0.255 e. The minimum Gasteiger partial charge on any atom is -0.494 e. The Morgan fingerprint density at radius 1 is 1.12 bits per heavy atom. The standard InChI is InChI=1S/C21H27NO3/c1-6-24-19-11-10-17(12-18(19)13-25-14(2)3)21(23)22-20-15(4)8-7-9-16(20)5/h7-12,14H,6,13H2,1-5H3,(H,22,23). The second-order valence-corrected chi connectivity index (χ2v) is 6.34. The third kappa shape index (κ3) is 5.07. The fraction of sp³-hybridized carbons (Fsp3) is 0.381. The maximum atomic E-state index is 12.7. The summed E-state index contributed by atoms with van der Waals surface area (Å²) in [5.74, 6) is 0.623. The number of hydrogen-bond acceptors (Lipinski definition) is 3. The van der Waals surface area contributed by atoms with Gasteiger partial charge in [0.2, 0.25) is 0 Å². The minimum absolute atomic E-state index is 0.113. The summed E-state index contributed by atoms with van der Waals surface area (Å²) >= 11 is 0. The molecule has 0 aliphatic rings. The summed E-state index contributed by atoms with van der Waals surface area (Å²) in [5.41, 5.74) is 4.42. The van der Waals surface area contributed by atoms with E-state index in [-0.39, 0.29) is 12.0 Å². The first-order chi connectivity index (χ1) is 11.9. The van der Waals surface area contributed by atoms with Gasteiger partial charge in [-0.2, -0.15) is 0 Å². The Bertz CT molecular complexity index is 718. The van der Waals surface area contributed by atoms with Gasteiger partial charge < -0.3 is 14.8 Å². The molecule has 2 aromatic carbocycles. The van der Waals surface area contributed by atoms with Crippen LogP contribution in [0.4, 0.5) is 5.69 Å². The molecule has 0 saturated carbocycles. The Balaban J connectivity index is 2.25. The largest absolute Gasteiger partial charge is 0.494 e. The number of anilines is 1. The Morgan fingerprint density at radius 3 is 2.40 bits per heavy atom. The van der Waals surface area contributed by atoms with Crippen LogP contribution >= 0.6 is 0 Å². The number of nitrogens with one attached hydrogen (secondary N) is 1. The van der Waals surface area contributed by atoms with E-state index in [0.717, 1.165) is 28.1 Å². The summed E-state index contributed by atoms with van der Waals surface area (Å²) in [6.45, 7) is 10.9. The highest BCUT2D eigenvalue weighted by atomic mass is 16.5. The quantitative estimate of drug-likeness (QED) is 0.781. The Hall–Kier alpha value is -2.33. The van der Waals surface area contributed by atoms with Gasteiger partial charge >= 0.3 is 0 Å². The maximum Gasteiger partial charge on any atom is 0.255 e. The van der Waals surface area contributed by atoms with E-state index in [1.54, 1.807) is 6.07 Å². The lowest BCUT2D eigenvalue weighted by molar-refractivity contribution is 0.0641. The number of aryl methyl sites for hydroxylation is 2. The molecule has 0 aliphatic carbocycles. The summed E-state index contributed by atoms with van der Waals surface area (Å²) < 4.78 is 11.3. The zero-order chi connectivity index (χ0) is 18.4. The van der Waals surface area contributed by atoms with Crippen LogP contribution in [0.5, 0.6) is 5.75 Å². The lowest BCUT2D eigenvalue weighted by Crippen LogP contribution is -2.14. The average molecular weight is 341 g/mol. The van der Waals surface area contributed by atoms with E-state index in [1.807, 2.05) is 65.0 Å². The Kier molecular flexibility index (Phi) is 6.59. The highest BCUT2D eigenvalue weighted by Gasteiger charge is 2.13. The Labute approximate surface area is 150 Å². The van der Waals surface area contributed by atoms with E-state index in [0.29, 0.717) is 18.8 Å². The molecule has 2 rings (SSSR count). The van der Waals surface area contributed by atoms with Gasteiger partial charge in [0, 0.05) is 16.8 Å². The number of amides is 1. The van der Waals surface area contributed by atoms with Crippen molar-refractivity contribution in [1.82, 2.24) is 0 Å². The molecule has 134 valence electrons. The van der Waals surface area contributed by atoms with Crippen LogP contribution in [0.25, 0.3) is 0 Å². The first kappa shape index (κ1) is 19.0. The van der Waals surface area contributed by atoms with E-state index in [9.17, 15) is 4.79 Å². The highest BCUT2D eigenvalue weighted by Crippen LogP contribution is 2.24. The summed E-state index contributed by atoms with van der Waals surface area (Å²) in [7, 11) is 0. The molecule has 0 fully saturated rings. The van der Waals surface area contributed by atoms with Crippen LogP contribution in [0, 0.1) is 13.8 Å². The topological polar surface area (TPSA) is 47.6 Å². The molecule has 4 nitrogen and oxygen atoms in total. The van der Waals surface area contributed by atoms with Crippen molar-refractivity contribution < 1.29 is 14.3 Å². The molecule has 0 heterocycles. The normalized spacial score (nSPS) is 10.8. The van der Waals surface area contributed by atoms with Crippen LogP contribution in [0.1, 0.15) is 47.8 Å². The molecule has 0 saturated heterocycles. The van der Waals surface area contributed by atoms with Crippen molar-refractivity contribution in [2.24, 2.45) is 0 Å². The van der Waals surface area contributed by atoms with Gasteiger partial charge in [-0.3, -0.25) is 4.79 Å². The third-order valence-electron chi connectivity index (χ3n) is 3.91. The van der Waals surface area contributed by atoms with Gasteiger partial charge in [-0.1, -0.05) is 18.2 Å². The predicted octanol–water partition coefficient (Wildman–Crippen LogP) is 4.88. The molecule has 0 unspecified atom stereocenters. The van der Waals surface area contributed by atoms with E-state index < -0.39 is 0 Å². The van der Waals surface area contributed by atoms with E-state index in [2.05, 4.69) is 5.32 Å². The molecule has 0 aromatic heterocycles. The van der Waals surface area contributed by atoms with Crippen molar-refractivity contribution in [3.05, 3.63) is 58.7 Å². The lowest BCUT2D eigenvalue weighted by atomic mass is 10.1. The summed E-state index contributed by atoms with van der Waals surface area (Å²) in [5, 5.41) is 3.02. The highest BCUT2D eigenvalue weighted by molar-refractivity contribution is 6.05. The number of hydrogen-bond donors (Lipinski definition) is 1. The van der Waals surface area contributed by atoms with Gasteiger partial charge in [0.05, 0.1) is 19.3 Å². The van der Waals surface area contributed by atoms with Crippen molar-refractivity contribution in [3.63, 3.8) is 0 Å². The van der Waals surface area contributed by atoms with Crippen molar-refractivity contribution in [1.29, 1.82) is 0 Å². The molecule has 1 N–H and O–H groups in total. The number of benzene rings is 2. The fourth-order valence-electron chi connectivity index (χ4n) is 2.58. The van der Waals surface area contributed by atoms with E-state index in [1.165, 1.54) is 0 Å². The summed E-state index contributed by atoms with van der Waals surface area (Å²) in [6.07, 6.45) is 0.113. The Morgan fingerprint density at radius 2 is 1.80 bits per heavy atom. The van der Waals surface area contributed by atoms with Crippen LogP contribution < -0.4 is 10.1 Å². The van der Waals surface area contributed by atoms with Gasteiger partial charge in [0.1, 0.15) is 5.75 Å². The van der Waals surface area contributed by atoms with Crippen LogP contribution in [-0.2, 0) is 11.3 Å². The number of para-hydroxylation sites is 1. The van der Waals surface area contributed by atoms with Gasteiger partial charge in [-0.25, -0.2) is 0 Å². The fourth-order valence-corrected chi connectivity index (χ4v) is 2.58. The number of carbonyl (C=O) groups excluding carboxylic acids is 1. The average Bonchev–Trinajstić information content (AvgIpc) is 2.57.